The van der Waals surface area contributed by atoms with Gasteiger partial charge in [-0.1, -0.05) is 48.0 Å². The summed E-state index contributed by atoms with van der Waals surface area (Å²) in [4.78, 5) is 3.86. The first kappa shape index (κ1) is 21.1. The Balaban J connectivity index is 1.91. The van der Waals surface area contributed by atoms with E-state index in [1.807, 2.05) is 0 Å². The highest BCUT2D eigenvalue weighted by Gasteiger charge is 2.32. The zero-order chi connectivity index (χ0) is 22.2. The third-order valence-corrected chi connectivity index (χ3v) is 6.62. The molecule has 31 heavy (non-hydrogen) atoms. The number of alkyl halides is 3. The van der Waals surface area contributed by atoms with E-state index in [-0.39, 0.29) is 11.3 Å². The number of nitrogens with zero attached hydrogens (tertiary/aromatic N) is 2. The summed E-state index contributed by atoms with van der Waals surface area (Å²) >= 11 is 6.15. The predicted molar refractivity (Wildman–Crippen MR) is 114 cm³/mol. The third kappa shape index (κ3) is 4.08. The number of aromatic nitrogens is 2. The first-order valence-corrected chi connectivity index (χ1v) is 10.8. The average Bonchev–Trinajstić information content (AvgIpc) is 3.12. The van der Waals surface area contributed by atoms with Crippen LogP contribution in [0.25, 0.3) is 23.2 Å². The number of halogens is 4. The molecule has 158 valence electrons. The molecule has 4 nitrogen and oxygen atoms in total. The fourth-order valence-corrected chi connectivity index (χ4v) is 4.79. The largest absolute Gasteiger partial charge is 0.416 e. The summed E-state index contributed by atoms with van der Waals surface area (Å²) < 4.78 is 67.1. The average molecular weight is 463 g/mol. The molecule has 0 aliphatic rings. The highest BCUT2D eigenvalue weighted by Crippen LogP contribution is 2.32. The van der Waals surface area contributed by atoms with E-state index in [4.69, 9.17) is 11.6 Å². The van der Waals surface area contributed by atoms with Crippen LogP contribution in [0.15, 0.2) is 77.7 Å². The Kier molecular flexibility index (Phi) is 5.36. The Morgan fingerprint density at radius 2 is 1.61 bits per heavy atom. The van der Waals surface area contributed by atoms with Gasteiger partial charge in [0, 0.05) is 5.02 Å². The summed E-state index contributed by atoms with van der Waals surface area (Å²) in [6.45, 7) is 0. The second-order valence-electron chi connectivity index (χ2n) is 6.61. The topological polar surface area (TPSA) is 52.0 Å². The first-order valence-electron chi connectivity index (χ1n) is 9.01. The minimum absolute atomic E-state index is 0.0403. The van der Waals surface area contributed by atoms with E-state index in [1.165, 1.54) is 6.08 Å². The summed E-state index contributed by atoms with van der Waals surface area (Å²) in [5.41, 5.74) is 0.223. The van der Waals surface area contributed by atoms with Crippen molar-refractivity contribution in [1.29, 1.82) is 0 Å². The van der Waals surface area contributed by atoms with Crippen LogP contribution in [0.4, 0.5) is 13.2 Å². The number of rotatable bonds is 4. The Bertz CT molecular complexity index is 1410. The summed E-state index contributed by atoms with van der Waals surface area (Å²) in [5, 5.41) is 0.460. The Morgan fingerprint density at radius 1 is 0.903 bits per heavy atom. The van der Waals surface area contributed by atoms with Crippen molar-refractivity contribution >= 4 is 44.8 Å². The molecule has 3 aromatic carbocycles. The third-order valence-electron chi connectivity index (χ3n) is 4.56. The number of imidazole rings is 1. The van der Waals surface area contributed by atoms with Crippen molar-refractivity contribution in [3.8, 4) is 0 Å². The molecule has 0 unspecified atom stereocenters. The quantitative estimate of drug-likeness (QED) is 0.367. The van der Waals surface area contributed by atoms with Gasteiger partial charge in [0.15, 0.2) is 0 Å². The van der Waals surface area contributed by atoms with Gasteiger partial charge in [-0.05, 0) is 54.1 Å². The monoisotopic (exact) mass is 462 g/mol. The highest BCUT2D eigenvalue weighted by atomic mass is 35.5. The molecule has 0 fully saturated rings. The van der Waals surface area contributed by atoms with E-state index in [0.29, 0.717) is 22.2 Å². The van der Waals surface area contributed by atoms with Crippen LogP contribution in [-0.4, -0.2) is 17.4 Å². The molecular weight excluding hydrogens is 449 g/mol. The summed E-state index contributed by atoms with van der Waals surface area (Å²) in [5.74, 6) is 0.0403. The SMILES string of the molecule is O=S(=O)(c1cccc(C(F)(F)F)c1)n1c(C=Cc2ccccc2Cl)nc2ccccc21. The number of hydrogen-bond acceptors (Lipinski definition) is 3. The minimum atomic E-state index is -4.67. The molecule has 0 spiro atoms. The molecule has 0 radical (unpaired) electrons. The smallest absolute Gasteiger partial charge is 0.228 e. The Hall–Kier alpha value is -3.10. The Morgan fingerprint density at radius 3 is 2.35 bits per heavy atom. The highest BCUT2D eigenvalue weighted by molar-refractivity contribution is 7.90. The van der Waals surface area contributed by atoms with Crippen molar-refractivity contribution in [3.63, 3.8) is 0 Å². The van der Waals surface area contributed by atoms with Crippen LogP contribution >= 0.6 is 11.6 Å². The van der Waals surface area contributed by atoms with Gasteiger partial charge in [-0.2, -0.15) is 13.2 Å². The maximum absolute atomic E-state index is 13.4. The maximum Gasteiger partial charge on any atom is 0.416 e. The van der Waals surface area contributed by atoms with Gasteiger partial charge in [0.2, 0.25) is 0 Å². The maximum atomic E-state index is 13.4. The lowest BCUT2D eigenvalue weighted by Crippen LogP contribution is -2.16. The van der Waals surface area contributed by atoms with E-state index >= 15 is 0 Å². The lowest BCUT2D eigenvalue weighted by molar-refractivity contribution is -0.137. The minimum Gasteiger partial charge on any atom is -0.228 e. The lowest BCUT2D eigenvalue weighted by atomic mass is 10.2. The second-order valence-corrected chi connectivity index (χ2v) is 8.80. The number of para-hydroxylation sites is 2. The van der Waals surface area contributed by atoms with Crippen LogP contribution < -0.4 is 0 Å². The van der Waals surface area contributed by atoms with Crippen molar-refractivity contribution < 1.29 is 21.6 Å². The van der Waals surface area contributed by atoms with Gasteiger partial charge in [0.05, 0.1) is 21.5 Å². The van der Waals surface area contributed by atoms with Crippen LogP contribution in [0.2, 0.25) is 5.02 Å². The Labute approximate surface area is 181 Å². The van der Waals surface area contributed by atoms with Crippen LogP contribution in [0, 0.1) is 0 Å². The molecular formula is C22H14ClF3N2O2S. The van der Waals surface area contributed by atoms with E-state index in [1.54, 1.807) is 54.6 Å². The molecule has 9 heteroatoms. The summed E-state index contributed by atoms with van der Waals surface area (Å²) in [6.07, 6.45) is -1.61. The standard InChI is InChI=1S/C22H14ClF3N2O2S/c23-18-9-2-1-6-15(18)12-13-21-27-19-10-3-4-11-20(19)28(21)31(29,30)17-8-5-7-16(14-17)22(24,25)26/h1-14H. The van der Waals surface area contributed by atoms with Gasteiger partial charge in [-0.3, -0.25) is 0 Å². The molecule has 4 rings (SSSR count). The van der Waals surface area contributed by atoms with Crippen LogP contribution in [-0.2, 0) is 16.2 Å². The van der Waals surface area contributed by atoms with Crippen LogP contribution in [0.5, 0.6) is 0 Å². The van der Waals surface area contributed by atoms with Gasteiger partial charge in [0.25, 0.3) is 10.0 Å². The fourth-order valence-electron chi connectivity index (χ4n) is 3.09. The van der Waals surface area contributed by atoms with Gasteiger partial charge in [-0.15, -0.1) is 0 Å². The van der Waals surface area contributed by atoms with Gasteiger partial charge in [-0.25, -0.2) is 17.4 Å². The molecule has 0 aliphatic heterocycles. The zero-order valence-electron chi connectivity index (χ0n) is 15.7. The van der Waals surface area contributed by atoms with E-state index in [9.17, 15) is 21.6 Å². The molecule has 0 aliphatic carbocycles. The number of benzene rings is 3. The molecule has 0 bridgehead atoms. The van der Waals surface area contributed by atoms with E-state index in [0.717, 1.165) is 22.2 Å². The predicted octanol–water partition coefficient (Wildman–Crippen LogP) is 6.12. The normalized spacial score (nSPS) is 12.6. The second kappa shape index (κ2) is 7.86. The van der Waals surface area contributed by atoms with Gasteiger partial charge < -0.3 is 0 Å². The summed E-state index contributed by atoms with van der Waals surface area (Å²) in [6, 6.07) is 17.1. The molecule has 0 N–H and O–H groups in total. The van der Waals surface area contributed by atoms with Crippen molar-refractivity contribution in [1.82, 2.24) is 8.96 Å². The molecule has 1 heterocycles. The number of hydrogen-bond donors (Lipinski definition) is 0. The van der Waals surface area contributed by atoms with Crippen LogP contribution in [0.3, 0.4) is 0 Å². The van der Waals surface area contributed by atoms with Crippen molar-refractivity contribution in [2.45, 2.75) is 11.1 Å². The van der Waals surface area contributed by atoms with Crippen molar-refractivity contribution in [3.05, 3.63) is 94.8 Å². The fraction of sp³-hybridized carbons (Fsp3) is 0.0455. The lowest BCUT2D eigenvalue weighted by Gasteiger charge is -2.12. The van der Waals surface area contributed by atoms with Crippen molar-refractivity contribution in [2.24, 2.45) is 0 Å². The van der Waals surface area contributed by atoms with E-state index < -0.39 is 26.7 Å². The first-order chi connectivity index (χ1) is 14.7. The molecule has 1 aromatic heterocycles. The van der Waals surface area contributed by atoms with Gasteiger partial charge in [0.1, 0.15) is 5.82 Å². The molecule has 4 aromatic rings. The molecule has 0 saturated heterocycles. The van der Waals surface area contributed by atoms with E-state index in [2.05, 4.69) is 4.98 Å². The van der Waals surface area contributed by atoms with Gasteiger partial charge >= 0.3 is 6.18 Å². The van der Waals surface area contributed by atoms with Crippen molar-refractivity contribution in [2.75, 3.05) is 0 Å². The zero-order valence-corrected chi connectivity index (χ0v) is 17.3. The number of fused-ring (bicyclic) bond motifs is 1. The van der Waals surface area contributed by atoms with Crippen LogP contribution in [0.1, 0.15) is 17.0 Å². The summed E-state index contributed by atoms with van der Waals surface area (Å²) in [7, 11) is -4.38. The molecule has 0 saturated carbocycles. The molecule has 0 atom stereocenters. The molecule has 0 amide bonds.